The minimum atomic E-state index is -0.694. The Morgan fingerprint density at radius 3 is 2.81 bits per heavy atom. The van der Waals surface area contributed by atoms with Gasteiger partial charge >= 0.3 is 5.97 Å². The van der Waals surface area contributed by atoms with Crippen LogP contribution in [0.5, 0.6) is 5.75 Å². The molecule has 0 saturated heterocycles. The van der Waals surface area contributed by atoms with E-state index in [0.29, 0.717) is 10.2 Å². The van der Waals surface area contributed by atoms with Crippen LogP contribution >= 0.6 is 15.9 Å². The van der Waals surface area contributed by atoms with Gasteiger partial charge < -0.3 is 9.47 Å². The van der Waals surface area contributed by atoms with Crippen molar-refractivity contribution in [2.75, 3.05) is 7.11 Å². The molecule has 3 nitrogen and oxygen atoms in total. The van der Waals surface area contributed by atoms with E-state index in [0.717, 1.165) is 10.4 Å². The zero-order chi connectivity index (χ0) is 11.0. The quantitative estimate of drug-likeness (QED) is 0.420. The number of ether oxygens (including phenoxy) is 2. The smallest absolute Gasteiger partial charge is 0.345 e. The second-order valence-electron chi connectivity index (χ2n) is 3.18. The van der Waals surface area contributed by atoms with Crippen LogP contribution in [0.2, 0.25) is 0 Å². The molecule has 1 atom stereocenters. The van der Waals surface area contributed by atoms with Crippen molar-refractivity contribution in [3.8, 4) is 5.75 Å². The van der Waals surface area contributed by atoms with Crippen LogP contribution in [0.15, 0.2) is 18.2 Å². The number of carbonyl (C=O) groups is 1. The van der Waals surface area contributed by atoms with Crippen LogP contribution < -0.4 is 15.2 Å². The maximum Gasteiger partial charge on any atom is 0.345 e. The van der Waals surface area contributed by atoms with E-state index >= 15 is 0 Å². The topological polar surface area (TPSA) is 35.5 Å². The third kappa shape index (κ3) is 2.26. The summed E-state index contributed by atoms with van der Waals surface area (Å²) < 4.78 is 10.8. The molecule has 0 fully saturated rings. The number of esters is 1. The van der Waals surface area contributed by atoms with E-state index in [1.807, 2.05) is 6.07 Å². The maximum absolute atomic E-state index is 11.5. The molecule has 1 aromatic carbocycles. The van der Waals surface area contributed by atoms with Crippen molar-refractivity contribution >= 4 is 62.5 Å². The minimum absolute atomic E-state index is 0. The van der Waals surface area contributed by atoms with Gasteiger partial charge in [0.25, 0.3) is 0 Å². The van der Waals surface area contributed by atoms with Gasteiger partial charge in [0.15, 0.2) is 6.10 Å². The first kappa shape index (κ1) is 13.9. The predicted octanol–water partition coefficient (Wildman–Crippen LogP) is 0.153. The Bertz CT molecular complexity index is 527. The number of rotatable bonds is 1. The molecule has 1 heterocycles. The van der Waals surface area contributed by atoms with Crippen molar-refractivity contribution < 1.29 is 14.3 Å². The summed E-state index contributed by atoms with van der Waals surface area (Å²) in [6, 6.07) is 5.38. The summed E-state index contributed by atoms with van der Waals surface area (Å²) in [5.41, 5.74) is 0. The molecule has 16 heavy (non-hydrogen) atoms. The Labute approximate surface area is 124 Å². The molecule has 1 aliphatic rings. The molecular weight excluding hydrogens is 283 g/mol. The van der Waals surface area contributed by atoms with E-state index in [4.69, 9.17) is 9.47 Å². The van der Waals surface area contributed by atoms with Crippen LogP contribution in [-0.4, -0.2) is 48.7 Å². The molecule has 0 aromatic heterocycles. The first-order valence-electron chi connectivity index (χ1n) is 4.37. The zero-order valence-electron chi connectivity index (χ0n) is 9.12. The maximum atomic E-state index is 11.5. The summed E-state index contributed by atoms with van der Waals surface area (Å²) in [5.74, 6) is 0.107. The van der Waals surface area contributed by atoms with Crippen molar-refractivity contribution in [3.63, 3.8) is 0 Å². The fourth-order valence-electron chi connectivity index (χ4n) is 1.53. The Balaban J connectivity index is 0.00000128. The van der Waals surface area contributed by atoms with Crippen LogP contribution in [0.25, 0.3) is 11.1 Å². The number of hydrogen-bond acceptors (Lipinski definition) is 3. The standard InChI is InChI=1S/C11H9BrO3.Na/c1-6-4-3-5-7-8(6)9(12)10(14-2)11(13)15-7;/h3-5,10H,1H2,2H3;. The molecule has 0 bridgehead atoms. The zero-order valence-corrected chi connectivity index (χ0v) is 12.7. The second-order valence-corrected chi connectivity index (χ2v) is 4.03. The molecule has 1 radical (unpaired) electrons. The van der Waals surface area contributed by atoms with E-state index in [2.05, 4.69) is 22.5 Å². The number of hydrogen-bond donors (Lipinski definition) is 0. The van der Waals surface area contributed by atoms with Gasteiger partial charge in [-0.15, -0.1) is 0 Å². The molecule has 1 aliphatic heterocycles. The van der Waals surface area contributed by atoms with Gasteiger partial charge in [0, 0.05) is 46.4 Å². The largest absolute Gasteiger partial charge is 0.424 e. The summed E-state index contributed by atoms with van der Waals surface area (Å²) in [6.45, 7) is 3.88. The monoisotopic (exact) mass is 291 g/mol. The van der Waals surface area contributed by atoms with Crippen molar-refractivity contribution in [3.05, 3.63) is 28.6 Å². The Morgan fingerprint density at radius 1 is 1.50 bits per heavy atom. The van der Waals surface area contributed by atoms with E-state index in [9.17, 15) is 4.79 Å². The fraction of sp³-hybridized carbons (Fsp3) is 0.182. The van der Waals surface area contributed by atoms with Crippen molar-refractivity contribution in [2.24, 2.45) is 0 Å². The number of halogens is 1. The summed E-state index contributed by atoms with van der Waals surface area (Å²) in [5, 5.41) is 1.60. The van der Waals surface area contributed by atoms with Crippen molar-refractivity contribution in [2.45, 2.75) is 6.10 Å². The predicted molar refractivity (Wildman–Crippen MR) is 65.7 cm³/mol. The normalized spacial score (nSPS) is 18.5. The second kappa shape index (κ2) is 5.47. The fourth-order valence-corrected chi connectivity index (χ4v) is 2.35. The first-order valence-corrected chi connectivity index (χ1v) is 5.16. The molecule has 0 spiro atoms. The number of benzene rings is 1. The SMILES string of the molecule is C=c1cccc2c1=C(Br)C(OC)C(=O)O2.[Na]. The summed E-state index contributed by atoms with van der Waals surface area (Å²) >= 11 is 3.36. The van der Waals surface area contributed by atoms with Gasteiger partial charge in [0.05, 0.1) is 0 Å². The Hall–Kier alpha value is -0.130. The molecule has 0 aliphatic carbocycles. The van der Waals surface area contributed by atoms with Crippen LogP contribution in [0.1, 0.15) is 0 Å². The molecule has 5 heteroatoms. The van der Waals surface area contributed by atoms with Gasteiger partial charge in [-0.3, -0.25) is 0 Å². The summed E-state index contributed by atoms with van der Waals surface area (Å²) in [7, 11) is 1.46. The average molecular weight is 292 g/mol. The first-order chi connectivity index (χ1) is 7.15. The van der Waals surface area contributed by atoms with Gasteiger partial charge in [-0.05, 0) is 11.3 Å². The van der Waals surface area contributed by atoms with Crippen molar-refractivity contribution in [1.29, 1.82) is 0 Å². The number of fused-ring (bicyclic) bond motifs is 1. The molecule has 79 valence electrons. The summed E-state index contributed by atoms with van der Waals surface area (Å²) in [6.07, 6.45) is -0.694. The molecular formula is C11H9BrNaO3. The molecule has 2 rings (SSSR count). The van der Waals surface area contributed by atoms with E-state index in [-0.39, 0.29) is 29.6 Å². The number of methoxy groups -OCH3 is 1. The van der Waals surface area contributed by atoms with Crippen LogP contribution in [0.4, 0.5) is 0 Å². The van der Waals surface area contributed by atoms with Crippen molar-refractivity contribution in [1.82, 2.24) is 0 Å². The third-order valence-electron chi connectivity index (χ3n) is 2.24. The Morgan fingerprint density at radius 2 is 2.19 bits per heavy atom. The number of carbonyl (C=O) groups excluding carboxylic acids is 1. The van der Waals surface area contributed by atoms with Crippen LogP contribution in [0, 0.1) is 0 Å². The minimum Gasteiger partial charge on any atom is -0.424 e. The van der Waals surface area contributed by atoms with Gasteiger partial charge in [-0.1, -0.05) is 34.6 Å². The molecule has 0 amide bonds. The molecule has 1 aromatic rings. The third-order valence-corrected chi connectivity index (χ3v) is 3.05. The molecule has 0 saturated carbocycles. The van der Waals surface area contributed by atoms with Gasteiger partial charge in [0.1, 0.15) is 5.75 Å². The average Bonchev–Trinajstić information content (AvgIpc) is 2.17. The van der Waals surface area contributed by atoms with E-state index in [1.54, 1.807) is 12.1 Å². The van der Waals surface area contributed by atoms with Gasteiger partial charge in [0.2, 0.25) is 0 Å². The van der Waals surface area contributed by atoms with Crippen LogP contribution in [0.3, 0.4) is 0 Å². The molecule has 0 N–H and O–H groups in total. The van der Waals surface area contributed by atoms with Gasteiger partial charge in [-0.25, -0.2) is 4.79 Å². The van der Waals surface area contributed by atoms with E-state index < -0.39 is 12.1 Å². The van der Waals surface area contributed by atoms with E-state index in [1.165, 1.54) is 7.11 Å². The molecule has 1 unspecified atom stereocenters. The Kier molecular flexibility index (Phi) is 4.76. The van der Waals surface area contributed by atoms with Gasteiger partial charge in [-0.2, -0.15) is 0 Å². The van der Waals surface area contributed by atoms with Crippen LogP contribution in [-0.2, 0) is 9.53 Å². The summed E-state index contributed by atoms with van der Waals surface area (Å²) in [4.78, 5) is 11.5.